The summed E-state index contributed by atoms with van der Waals surface area (Å²) in [6, 6.07) is 6.36. The van der Waals surface area contributed by atoms with Crippen molar-refractivity contribution in [3.05, 3.63) is 45.6 Å². The molecule has 0 saturated heterocycles. The van der Waals surface area contributed by atoms with Crippen LogP contribution in [0.3, 0.4) is 0 Å². The van der Waals surface area contributed by atoms with Crippen molar-refractivity contribution < 1.29 is 9.46 Å². The average Bonchev–Trinajstić information content (AvgIpc) is 2.33. The fourth-order valence-electron chi connectivity index (χ4n) is 1.58. The zero-order valence-electron chi connectivity index (χ0n) is 8.89. The first-order chi connectivity index (χ1) is 7.56. The van der Waals surface area contributed by atoms with E-state index in [1.165, 1.54) is 18.2 Å². The number of nitriles is 1. The van der Waals surface area contributed by atoms with Crippen LogP contribution in [0.4, 0.5) is 0 Å². The van der Waals surface area contributed by atoms with Crippen LogP contribution in [0.25, 0.3) is 11.0 Å². The molecule has 0 atom stereocenters. The van der Waals surface area contributed by atoms with Crippen LogP contribution in [-0.2, 0) is 0 Å². The van der Waals surface area contributed by atoms with Crippen molar-refractivity contribution in [1.82, 2.24) is 0 Å². The predicted molar refractivity (Wildman–Crippen MR) is 56.1 cm³/mol. The third kappa shape index (κ3) is 1.24. The van der Waals surface area contributed by atoms with E-state index in [1.54, 1.807) is 13.8 Å². The topological polar surface area (TPSA) is 77.7 Å². The van der Waals surface area contributed by atoms with Gasteiger partial charge < -0.3 is 10.4 Å². The molecule has 0 spiro atoms. The molecule has 5 heteroatoms. The molecule has 5 nitrogen and oxygen atoms in total. The Morgan fingerprint density at radius 2 is 1.62 bits per heavy atom. The van der Waals surface area contributed by atoms with Gasteiger partial charge in [-0.2, -0.15) is 14.7 Å². The van der Waals surface area contributed by atoms with Crippen molar-refractivity contribution in [2.24, 2.45) is 0 Å². The van der Waals surface area contributed by atoms with Gasteiger partial charge in [-0.1, -0.05) is 0 Å². The van der Waals surface area contributed by atoms with Crippen LogP contribution in [0, 0.1) is 35.6 Å². The molecule has 2 aromatic rings. The van der Waals surface area contributed by atoms with Crippen LogP contribution in [0.1, 0.15) is 17.0 Å². The Bertz CT molecular complexity index is 629. The van der Waals surface area contributed by atoms with E-state index < -0.39 is 0 Å². The van der Waals surface area contributed by atoms with Crippen LogP contribution in [-0.4, -0.2) is 0 Å². The quantitative estimate of drug-likeness (QED) is 0.476. The number of benzene rings is 1. The molecule has 80 valence electrons. The Morgan fingerprint density at radius 3 is 2.19 bits per heavy atom. The van der Waals surface area contributed by atoms with Crippen molar-refractivity contribution in [3.63, 3.8) is 0 Å². The second kappa shape index (κ2) is 3.35. The van der Waals surface area contributed by atoms with Crippen LogP contribution in [0.2, 0.25) is 0 Å². The van der Waals surface area contributed by atoms with Gasteiger partial charge in [0.2, 0.25) is 0 Å². The van der Waals surface area contributed by atoms with E-state index in [0.29, 0.717) is 26.4 Å². The first kappa shape index (κ1) is 10.2. The van der Waals surface area contributed by atoms with Crippen LogP contribution in [0.15, 0.2) is 18.2 Å². The lowest BCUT2D eigenvalue weighted by Crippen LogP contribution is -2.43. The van der Waals surface area contributed by atoms with Crippen LogP contribution >= 0.6 is 0 Å². The molecule has 0 radical (unpaired) electrons. The maximum atomic E-state index is 11.8. The molecule has 16 heavy (non-hydrogen) atoms. The highest BCUT2D eigenvalue weighted by molar-refractivity contribution is 5.70. The summed E-state index contributed by atoms with van der Waals surface area (Å²) in [6.45, 7) is 3.17. The van der Waals surface area contributed by atoms with Gasteiger partial charge in [-0.3, -0.25) is 0 Å². The number of hydrogen-bond acceptors (Lipinski definition) is 3. The lowest BCUT2D eigenvalue weighted by Gasteiger charge is -2.08. The molecule has 2 rings (SSSR count). The van der Waals surface area contributed by atoms with Crippen molar-refractivity contribution in [2.75, 3.05) is 0 Å². The molecule has 1 heterocycles. The van der Waals surface area contributed by atoms with E-state index in [-0.39, 0.29) is 11.0 Å². The smallest absolute Gasteiger partial charge is 0.291 e. The summed E-state index contributed by atoms with van der Waals surface area (Å²) in [4.78, 5) is 0. The number of rotatable bonds is 0. The zero-order chi connectivity index (χ0) is 11.9. The van der Waals surface area contributed by atoms with Gasteiger partial charge in [-0.25, -0.2) is 0 Å². The van der Waals surface area contributed by atoms with Gasteiger partial charge in [0, 0.05) is 26.0 Å². The average molecular weight is 215 g/mol. The molecule has 1 aromatic heterocycles. The summed E-state index contributed by atoms with van der Waals surface area (Å²) in [5, 5.41) is 32.3. The molecular formula is C11H9N3O2. The zero-order valence-corrected chi connectivity index (χ0v) is 8.89. The minimum Gasteiger partial charge on any atom is -0.618 e. The molecule has 0 fully saturated rings. The van der Waals surface area contributed by atoms with Crippen molar-refractivity contribution >= 4 is 11.0 Å². The minimum absolute atomic E-state index is 0.220. The monoisotopic (exact) mass is 215 g/mol. The SMILES string of the molecule is Cc1c(C)[n+]([O-])c2cc(C#N)ccc2[n+]1[O-]. The first-order valence-corrected chi connectivity index (χ1v) is 4.72. The lowest BCUT2D eigenvalue weighted by atomic mass is 10.2. The highest BCUT2D eigenvalue weighted by atomic mass is 16.5. The molecular weight excluding hydrogens is 206 g/mol. The summed E-state index contributed by atoms with van der Waals surface area (Å²) < 4.78 is 1.39. The van der Waals surface area contributed by atoms with E-state index >= 15 is 0 Å². The highest BCUT2D eigenvalue weighted by Gasteiger charge is 2.21. The van der Waals surface area contributed by atoms with Crippen molar-refractivity contribution in [1.29, 1.82) is 5.26 Å². The maximum Gasteiger partial charge on any atom is 0.291 e. The molecule has 0 unspecified atom stereocenters. The maximum absolute atomic E-state index is 11.8. The summed E-state index contributed by atoms with van der Waals surface area (Å²) >= 11 is 0. The fraction of sp³-hybridized carbons (Fsp3) is 0.182. The normalized spacial score (nSPS) is 10.3. The molecule has 0 bridgehead atoms. The second-order valence-electron chi connectivity index (χ2n) is 3.57. The third-order valence-corrected chi connectivity index (χ3v) is 2.67. The van der Waals surface area contributed by atoms with Gasteiger partial charge >= 0.3 is 0 Å². The molecule has 0 aliphatic rings. The molecule has 0 saturated carbocycles. The number of hydrogen-bond donors (Lipinski definition) is 0. The molecule has 1 aromatic carbocycles. The Hall–Kier alpha value is -2.35. The Kier molecular flexibility index (Phi) is 2.13. The van der Waals surface area contributed by atoms with Crippen LogP contribution in [0.5, 0.6) is 0 Å². The van der Waals surface area contributed by atoms with Gasteiger partial charge in [-0.15, -0.1) is 0 Å². The van der Waals surface area contributed by atoms with Gasteiger partial charge in [0.05, 0.1) is 11.6 Å². The van der Waals surface area contributed by atoms with E-state index in [9.17, 15) is 10.4 Å². The number of fused-ring (bicyclic) bond motifs is 1. The largest absolute Gasteiger partial charge is 0.618 e. The molecule has 0 aliphatic carbocycles. The van der Waals surface area contributed by atoms with Gasteiger partial charge in [0.1, 0.15) is 0 Å². The number of nitrogens with zero attached hydrogens (tertiary/aromatic N) is 3. The van der Waals surface area contributed by atoms with E-state index in [0.717, 1.165) is 0 Å². The third-order valence-electron chi connectivity index (χ3n) is 2.67. The summed E-state index contributed by atoms with van der Waals surface area (Å²) in [5.74, 6) is 0. The van der Waals surface area contributed by atoms with Crippen LogP contribution < -0.4 is 9.46 Å². The Labute approximate surface area is 92.0 Å². The number of aromatic nitrogens is 2. The summed E-state index contributed by atoms with van der Waals surface area (Å²) in [5.41, 5.74) is 1.57. The predicted octanol–water partition coefficient (Wildman–Crippen LogP) is 0.595. The summed E-state index contributed by atoms with van der Waals surface area (Å²) in [6.07, 6.45) is 0. The van der Waals surface area contributed by atoms with Crippen molar-refractivity contribution in [3.8, 4) is 6.07 Å². The molecule has 0 aliphatic heterocycles. The molecule has 0 N–H and O–H groups in total. The highest BCUT2D eigenvalue weighted by Crippen LogP contribution is 2.10. The standard InChI is InChI=1S/C11H9N3O2/c1-7-8(2)14(16)11-5-9(6-12)3-4-10(11)13(7)15/h3-5H,1-2H3. The molecule has 0 amide bonds. The minimum atomic E-state index is 0.220. The van der Waals surface area contributed by atoms with E-state index in [2.05, 4.69) is 0 Å². The second-order valence-corrected chi connectivity index (χ2v) is 3.57. The van der Waals surface area contributed by atoms with Gasteiger partial charge in [0.15, 0.2) is 0 Å². The van der Waals surface area contributed by atoms with Crippen molar-refractivity contribution in [2.45, 2.75) is 13.8 Å². The van der Waals surface area contributed by atoms with E-state index in [1.807, 2.05) is 6.07 Å². The van der Waals surface area contributed by atoms with Gasteiger partial charge in [-0.05, 0) is 6.07 Å². The van der Waals surface area contributed by atoms with E-state index in [4.69, 9.17) is 5.26 Å². The van der Waals surface area contributed by atoms with Gasteiger partial charge in [0.25, 0.3) is 22.4 Å². The lowest BCUT2D eigenvalue weighted by molar-refractivity contribution is -0.638. The fourth-order valence-corrected chi connectivity index (χ4v) is 1.58. The Balaban J connectivity index is 2.98. The first-order valence-electron chi connectivity index (χ1n) is 4.72. The Morgan fingerprint density at radius 1 is 1.06 bits per heavy atom. The summed E-state index contributed by atoms with van der Waals surface area (Å²) in [7, 11) is 0.